The molecule has 0 saturated carbocycles. The number of hydrogen-bond donors (Lipinski definition) is 2. The SMILES string of the molecule is Cc1ccc(S(=O)(=O)Nc2ccc(S(=O)(=O)Nc3ccc(C)c(C)c3)cc2)s1. The lowest BCUT2D eigenvalue weighted by Crippen LogP contribution is -2.14. The quantitative estimate of drug-likeness (QED) is 0.603. The van der Waals surface area contributed by atoms with Gasteiger partial charge in [-0.2, -0.15) is 0 Å². The van der Waals surface area contributed by atoms with Crippen molar-refractivity contribution >= 4 is 42.8 Å². The summed E-state index contributed by atoms with van der Waals surface area (Å²) in [6.07, 6.45) is 0. The third kappa shape index (κ3) is 4.54. The lowest BCUT2D eigenvalue weighted by Gasteiger charge is -2.11. The molecular formula is C19H20N2O4S3. The monoisotopic (exact) mass is 436 g/mol. The molecular weight excluding hydrogens is 416 g/mol. The van der Waals surface area contributed by atoms with E-state index in [1.165, 1.54) is 41.7 Å². The number of aryl methyl sites for hydroxylation is 3. The minimum atomic E-state index is -3.78. The first-order valence-electron chi connectivity index (χ1n) is 8.36. The Labute approximate surface area is 169 Å². The van der Waals surface area contributed by atoms with Crippen LogP contribution in [0.1, 0.15) is 16.0 Å². The van der Waals surface area contributed by atoms with Crippen LogP contribution in [0.3, 0.4) is 0 Å². The lowest BCUT2D eigenvalue weighted by molar-refractivity contribution is 0.600. The molecule has 0 spiro atoms. The first-order valence-corrected chi connectivity index (χ1v) is 12.1. The van der Waals surface area contributed by atoms with Crippen LogP contribution in [0.5, 0.6) is 0 Å². The second kappa shape index (κ2) is 7.57. The zero-order valence-corrected chi connectivity index (χ0v) is 18.0. The van der Waals surface area contributed by atoms with Gasteiger partial charge in [0.05, 0.1) is 4.90 Å². The molecule has 0 bridgehead atoms. The van der Waals surface area contributed by atoms with Crippen LogP contribution in [0.25, 0.3) is 0 Å². The zero-order chi connectivity index (χ0) is 20.5. The van der Waals surface area contributed by atoms with E-state index in [2.05, 4.69) is 9.44 Å². The van der Waals surface area contributed by atoms with Gasteiger partial charge < -0.3 is 0 Å². The second-order valence-corrected chi connectivity index (χ2v) is 11.3. The maximum absolute atomic E-state index is 12.6. The highest BCUT2D eigenvalue weighted by Gasteiger charge is 2.18. The highest BCUT2D eigenvalue weighted by molar-refractivity contribution is 7.94. The van der Waals surface area contributed by atoms with Crippen molar-refractivity contribution in [3.05, 3.63) is 70.6 Å². The second-order valence-electron chi connectivity index (χ2n) is 6.40. The smallest absolute Gasteiger partial charge is 0.271 e. The summed E-state index contributed by atoms with van der Waals surface area (Å²) in [5.41, 5.74) is 2.81. The van der Waals surface area contributed by atoms with Gasteiger partial charge in [0.2, 0.25) is 0 Å². The molecule has 0 aliphatic rings. The van der Waals surface area contributed by atoms with Gasteiger partial charge in [0.1, 0.15) is 4.21 Å². The van der Waals surface area contributed by atoms with E-state index in [1.54, 1.807) is 18.2 Å². The third-order valence-electron chi connectivity index (χ3n) is 4.16. The van der Waals surface area contributed by atoms with Crippen LogP contribution >= 0.6 is 11.3 Å². The van der Waals surface area contributed by atoms with Crippen LogP contribution in [0.15, 0.2) is 63.7 Å². The highest BCUT2D eigenvalue weighted by atomic mass is 32.2. The van der Waals surface area contributed by atoms with E-state index in [0.717, 1.165) is 16.0 Å². The molecule has 0 radical (unpaired) electrons. The fourth-order valence-electron chi connectivity index (χ4n) is 2.48. The Balaban J connectivity index is 1.78. The van der Waals surface area contributed by atoms with Crippen molar-refractivity contribution in [2.45, 2.75) is 29.9 Å². The van der Waals surface area contributed by atoms with Crippen molar-refractivity contribution in [2.75, 3.05) is 9.44 Å². The molecule has 0 fully saturated rings. The van der Waals surface area contributed by atoms with E-state index in [0.29, 0.717) is 5.69 Å². The van der Waals surface area contributed by atoms with Crippen LogP contribution in [-0.4, -0.2) is 16.8 Å². The number of thiophene rings is 1. The first kappa shape index (κ1) is 20.4. The Kier molecular flexibility index (Phi) is 5.51. The van der Waals surface area contributed by atoms with Gasteiger partial charge >= 0.3 is 0 Å². The van der Waals surface area contributed by atoms with Gasteiger partial charge in [0.15, 0.2) is 0 Å². The molecule has 2 aromatic carbocycles. The third-order valence-corrected chi connectivity index (χ3v) is 8.43. The molecule has 9 heteroatoms. The van der Waals surface area contributed by atoms with Gasteiger partial charge in [-0.05, 0) is 80.4 Å². The zero-order valence-electron chi connectivity index (χ0n) is 15.6. The van der Waals surface area contributed by atoms with E-state index in [1.807, 2.05) is 26.8 Å². The molecule has 0 saturated heterocycles. The lowest BCUT2D eigenvalue weighted by atomic mass is 10.1. The van der Waals surface area contributed by atoms with Crippen LogP contribution in [0.2, 0.25) is 0 Å². The summed E-state index contributed by atoms with van der Waals surface area (Å²) in [5, 5.41) is 0. The number of sulfonamides is 2. The molecule has 28 heavy (non-hydrogen) atoms. The van der Waals surface area contributed by atoms with Crippen LogP contribution in [0, 0.1) is 20.8 Å². The van der Waals surface area contributed by atoms with Crippen LogP contribution in [0.4, 0.5) is 11.4 Å². The molecule has 2 N–H and O–H groups in total. The number of rotatable bonds is 6. The van der Waals surface area contributed by atoms with E-state index < -0.39 is 20.0 Å². The fraction of sp³-hybridized carbons (Fsp3) is 0.158. The summed E-state index contributed by atoms with van der Waals surface area (Å²) in [6, 6.07) is 14.1. The van der Waals surface area contributed by atoms with E-state index in [4.69, 9.17) is 0 Å². The molecule has 0 atom stereocenters. The predicted octanol–water partition coefficient (Wildman–Crippen LogP) is 4.27. The Hall–Kier alpha value is -2.36. The maximum Gasteiger partial charge on any atom is 0.271 e. The largest absolute Gasteiger partial charge is 0.280 e. The Morgan fingerprint density at radius 3 is 1.86 bits per heavy atom. The fourth-order valence-corrected chi connectivity index (χ4v) is 5.87. The van der Waals surface area contributed by atoms with E-state index >= 15 is 0 Å². The molecule has 3 aromatic rings. The summed E-state index contributed by atoms with van der Waals surface area (Å²) in [7, 11) is -7.47. The Bertz CT molecular complexity index is 1210. The number of anilines is 2. The summed E-state index contributed by atoms with van der Waals surface area (Å²) in [5.74, 6) is 0. The summed E-state index contributed by atoms with van der Waals surface area (Å²) in [4.78, 5) is 0.930. The average Bonchev–Trinajstić information content (AvgIpc) is 3.06. The molecule has 1 heterocycles. The van der Waals surface area contributed by atoms with Gasteiger partial charge in [-0.3, -0.25) is 9.44 Å². The molecule has 6 nitrogen and oxygen atoms in total. The molecule has 148 valence electrons. The normalized spacial score (nSPS) is 12.0. The van der Waals surface area contributed by atoms with Gasteiger partial charge in [-0.25, -0.2) is 16.8 Å². The van der Waals surface area contributed by atoms with Gasteiger partial charge in [-0.15, -0.1) is 11.3 Å². The number of hydrogen-bond acceptors (Lipinski definition) is 5. The summed E-state index contributed by atoms with van der Waals surface area (Å²) >= 11 is 1.17. The van der Waals surface area contributed by atoms with Gasteiger partial charge in [0.25, 0.3) is 20.0 Å². The molecule has 3 rings (SSSR count). The van der Waals surface area contributed by atoms with Crippen molar-refractivity contribution in [2.24, 2.45) is 0 Å². The minimum Gasteiger partial charge on any atom is -0.280 e. The highest BCUT2D eigenvalue weighted by Crippen LogP contribution is 2.25. The first-order chi connectivity index (χ1) is 13.1. The van der Waals surface area contributed by atoms with Crippen molar-refractivity contribution in [1.82, 2.24) is 0 Å². The summed E-state index contributed by atoms with van der Waals surface area (Å²) in [6.45, 7) is 5.68. The Morgan fingerprint density at radius 2 is 1.29 bits per heavy atom. The molecule has 0 unspecified atom stereocenters. The maximum atomic E-state index is 12.6. The van der Waals surface area contributed by atoms with E-state index in [9.17, 15) is 16.8 Å². The molecule has 0 amide bonds. The summed E-state index contributed by atoms with van der Waals surface area (Å²) < 4.78 is 55.1. The number of nitrogens with one attached hydrogen (secondary N) is 2. The van der Waals surface area contributed by atoms with Crippen molar-refractivity contribution in [1.29, 1.82) is 0 Å². The van der Waals surface area contributed by atoms with Crippen molar-refractivity contribution < 1.29 is 16.8 Å². The standard InChI is InChI=1S/C19H20N2O4S3/c1-13-4-6-17(12-14(13)2)21-27(22,23)18-9-7-16(8-10-18)20-28(24,25)19-11-5-15(3)26-19/h4-12,20-21H,1-3H3. The van der Waals surface area contributed by atoms with Crippen molar-refractivity contribution in [3.63, 3.8) is 0 Å². The van der Waals surface area contributed by atoms with Crippen LogP contribution in [-0.2, 0) is 20.0 Å². The number of benzene rings is 2. The Morgan fingerprint density at radius 1 is 0.679 bits per heavy atom. The predicted molar refractivity (Wildman–Crippen MR) is 113 cm³/mol. The van der Waals surface area contributed by atoms with Gasteiger partial charge in [0, 0.05) is 16.3 Å². The topological polar surface area (TPSA) is 92.3 Å². The molecule has 0 aliphatic heterocycles. The van der Waals surface area contributed by atoms with Crippen LogP contribution < -0.4 is 9.44 Å². The molecule has 1 aromatic heterocycles. The van der Waals surface area contributed by atoms with Gasteiger partial charge in [-0.1, -0.05) is 6.07 Å². The van der Waals surface area contributed by atoms with E-state index in [-0.39, 0.29) is 14.8 Å². The minimum absolute atomic E-state index is 0.0423. The molecule has 0 aliphatic carbocycles. The average molecular weight is 437 g/mol. The van der Waals surface area contributed by atoms with Crippen molar-refractivity contribution in [3.8, 4) is 0 Å².